The molecule has 0 atom stereocenters. The summed E-state index contributed by atoms with van der Waals surface area (Å²) in [7, 11) is 0. The standard InChI is InChI=1S/C27H23Br2N3O3/c1-16-8-9-24(18(3)10-16)31-25(33)15-35-26-21(28)12-19(13-22(26)29)11-20(14-30)27(34)32-23-7-5-4-6-17(23)2/h4-13H,15H2,1-3H3,(H,31,33)(H,32,34)/b20-11-. The number of aryl methyl sites for hydroxylation is 3. The number of carbonyl (C=O) groups excluding carboxylic acids is 2. The molecule has 0 bridgehead atoms. The molecule has 0 heterocycles. The van der Waals surface area contributed by atoms with Gasteiger partial charge < -0.3 is 15.4 Å². The molecule has 6 nitrogen and oxygen atoms in total. The van der Waals surface area contributed by atoms with Gasteiger partial charge >= 0.3 is 0 Å². The number of para-hydroxylation sites is 1. The average Bonchev–Trinajstić information content (AvgIpc) is 2.80. The van der Waals surface area contributed by atoms with Crippen molar-refractivity contribution < 1.29 is 14.3 Å². The number of anilines is 2. The van der Waals surface area contributed by atoms with Crippen LogP contribution >= 0.6 is 31.9 Å². The predicted octanol–water partition coefficient (Wildman–Crippen LogP) is 6.70. The number of nitrogens with zero attached hydrogens (tertiary/aromatic N) is 1. The summed E-state index contributed by atoms with van der Waals surface area (Å²) in [6.45, 7) is 5.61. The van der Waals surface area contributed by atoms with Crippen molar-refractivity contribution >= 4 is 61.1 Å². The molecule has 0 saturated heterocycles. The van der Waals surface area contributed by atoms with Crippen molar-refractivity contribution in [3.8, 4) is 11.8 Å². The Morgan fingerprint density at radius 2 is 1.60 bits per heavy atom. The van der Waals surface area contributed by atoms with E-state index in [2.05, 4.69) is 42.5 Å². The van der Waals surface area contributed by atoms with Crippen molar-refractivity contribution in [2.75, 3.05) is 17.2 Å². The maximum absolute atomic E-state index is 12.6. The number of halogens is 2. The van der Waals surface area contributed by atoms with Gasteiger partial charge in [0.05, 0.1) is 8.95 Å². The molecule has 0 aliphatic carbocycles. The van der Waals surface area contributed by atoms with Gasteiger partial charge in [0.2, 0.25) is 0 Å². The van der Waals surface area contributed by atoms with Gasteiger partial charge in [-0.15, -0.1) is 0 Å². The summed E-state index contributed by atoms with van der Waals surface area (Å²) in [5.74, 6) is -0.363. The molecule has 3 aromatic carbocycles. The molecule has 2 N–H and O–H groups in total. The fourth-order valence-electron chi connectivity index (χ4n) is 3.30. The molecule has 0 aliphatic rings. The van der Waals surface area contributed by atoms with Gasteiger partial charge in [0, 0.05) is 11.4 Å². The van der Waals surface area contributed by atoms with Crippen molar-refractivity contribution in [2.24, 2.45) is 0 Å². The highest BCUT2D eigenvalue weighted by Gasteiger charge is 2.14. The van der Waals surface area contributed by atoms with Gasteiger partial charge in [0.1, 0.15) is 17.4 Å². The first kappa shape index (κ1) is 26.2. The molecule has 0 aromatic heterocycles. The highest BCUT2D eigenvalue weighted by Crippen LogP contribution is 2.35. The van der Waals surface area contributed by atoms with Gasteiger partial charge in [-0.3, -0.25) is 9.59 Å². The molecule has 3 rings (SSSR count). The van der Waals surface area contributed by atoms with Crippen LogP contribution in [0.1, 0.15) is 22.3 Å². The topological polar surface area (TPSA) is 91.2 Å². The summed E-state index contributed by atoms with van der Waals surface area (Å²) >= 11 is 6.89. The Kier molecular flexibility index (Phi) is 8.85. The first-order chi connectivity index (χ1) is 16.7. The fourth-order valence-corrected chi connectivity index (χ4v) is 4.75. The van der Waals surface area contributed by atoms with Crippen LogP contribution in [-0.2, 0) is 9.59 Å². The molecule has 8 heteroatoms. The number of rotatable bonds is 7. The summed E-state index contributed by atoms with van der Waals surface area (Å²) in [5, 5.41) is 15.1. The maximum atomic E-state index is 12.6. The minimum absolute atomic E-state index is 0.0476. The smallest absolute Gasteiger partial charge is 0.266 e. The zero-order chi connectivity index (χ0) is 25.5. The minimum Gasteiger partial charge on any atom is -0.481 e. The van der Waals surface area contributed by atoms with Gasteiger partial charge in [-0.25, -0.2) is 0 Å². The van der Waals surface area contributed by atoms with Crippen LogP contribution in [0, 0.1) is 32.1 Å². The Balaban J connectivity index is 1.70. The number of benzene rings is 3. The highest BCUT2D eigenvalue weighted by molar-refractivity contribution is 9.11. The van der Waals surface area contributed by atoms with Crippen molar-refractivity contribution in [1.82, 2.24) is 0 Å². The fraction of sp³-hybridized carbons (Fsp3) is 0.148. The van der Waals surface area contributed by atoms with Crippen LogP contribution < -0.4 is 15.4 Å². The lowest BCUT2D eigenvalue weighted by molar-refractivity contribution is -0.118. The van der Waals surface area contributed by atoms with Crippen LogP contribution in [-0.4, -0.2) is 18.4 Å². The summed E-state index contributed by atoms with van der Waals surface area (Å²) in [6.07, 6.45) is 1.49. The molecule has 0 spiro atoms. The molecule has 178 valence electrons. The summed E-state index contributed by atoms with van der Waals surface area (Å²) in [5.41, 5.74) is 4.91. The lowest BCUT2D eigenvalue weighted by Crippen LogP contribution is -2.21. The Bertz CT molecular complexity index is 1340. The van der Waals surface area contributed by atoms with Crippen molar-refractivity contribution in [1.29, 1.82) is 5.26 Å². The molecular weight excluding hydrogens is 574 g/mol. The second kappa shape index (κ2) is 11.8. The highest BCUT2D eigenvalue weighted by atomic mass is 79.9. The minimum atomic E-state index is -0.502. The van der Waals surface area contributed by atoms with E-state index in [9.17, 15) is 14.9 Å². The molecule has 0 unspecified atom stereocenters. The van der Waals surface area contributed by atoms with Crippen molar-refractivity contribution in [2.45, 2.75) is 20.8 Å². The summed E-state index contributed by atoms with van der Waals surface area (Å²) in [4.78, 5) is 25.0. The van der Waals surface area contributed by atoms with Crippen LogP contribution in [0.2, 0.25) is 0 Å². The number of hydrogen-bond acceptors (Lipinski definition) is 4. The third kappa shape index (κ3) is 7.04. The number of nitrogens with one attached hydrogen (secondary N) is 2. The van der Waals surface area contributed by atoms with E-state index in [1.165, 1.54) is 6.08 Å². The largest absolute Gasteiger partial charge is 0.481 e. The number of nitriles is 1. The lowest BCUT2D eigenvalue weighted by Gasteiger charge is -2.13. The average molecular weight is 597 g/mol. The number of ether oxygens (including phenoxy) is 1. The SMILES string of the molecule is Cc1ccc(NC(=O)COc2c(Br)cc(/C=C(/C#N)C(=O)Nc3ccccc3C)cc2Br)c(C)c1. The molecule has 0 aliphatic heterocycles. The Morgan fingerprint density at radius 3 is 2.23 bits per heavy atom. The van der Waals surface area contributed by atoms with E-state index in [4.69, 9.17) is 4.74 Å². The molecule has 0 fully saturated rings. The normalized spacial score (nSPS) is 10.9. The molecule has 0 radical (unpaired) electrons. The first-order valence-electron chi connectivity index (χ1n) is 10.7. The van der Waals surface area contributed by atoms with E-state index in [-0.39, 0.29) is 18.1 Å². The van der Waals surface area contributed by atoms with Crippen LogP contribution in [0.5, 0.6) is 5.75 Å². The van der Waals surface area contributed by atoms with Crippen LogP contribution in [0.3, 0.4) is 0 Å². The Morgan fingerprint density at radius 1 is 0.943 bits per heavy atom. The van der Waals surface area contributed by atoms with Crippen molar-refractivity contribution in [3.05, 3.63) is 91.4 Å². The molecule has 3 aromatic rings. The monoisotopic (exact) mass is 595 g/mol. The number of carbonyl (C=O) groups is 2. The number of amides is 2. The van der Waals surface area contributed by atoms with Crippen LogP contribution in [0.4, 0.5) is 11.4 Å². The van der Waals surface area contributed by atoms with Gasteiger partial charge in [0.25, 0.3) is 11.8 Å². The van der Waals surface area contributed by atoms with Crippen LogP contribution in [0.15, 0.2) is 69.1 Å². The molecular formula is C27H23Br2N3O3. The molecule has 0 saturated carbocycles. The van der Waals surface area contributed by atoms with E-state index in [0.717, 1.165) is 22.4 Å². The van der Waals surface area contributed by atoms with Gasteiger partial charge in [-0.2, -0.15) is 5.26 Å². The zero-order valence-electron chi connectivity index (χ0n) is 19.4. The summed E-state index contributed by atoms with van der Waals surface area (Å²) in [6, 6.07) is 18.5. The van der Waals surface area contributed by atoms with Gasteiger partial charge in [-0.1, -0.05) is 35.9 Å². The second-order valence-electron chi connectivity index (χ2n) is 7.91. The van der Waals surface area contributed by atoms with E-state index in [0.29, 0.717) is 25.9 Å². The quantitative estimate of drug-likeness (QED) is 0.234. The lowest BCUT2D eigenvalue weighted by atomic mass is 10.1. The molecule has 35 heavy (non-hydrogen) atoms. The summed E-state index contributed by atoms with van der Waals surface area (Å²) < 4.78 is 6.85. The van der Waals surface area contributed by atoms with E-state index >= 15 is 0 Å². The zero-order valence-corrected chi connectivity index (χ0v) is 22.6. The predicted molar refractivity (Wildman–Crippen MR) is 145 cm³/mol. The first-order valence-corrected chi connectivity index (χ1v) is 12.2. The Labute approximate surface area is 221 Å². The number of hydrogen-bond donors (Lipinski definition) is 2. The Hall–Kier alpha value is -3.41. The third-order valence-corrected chi connectivity index (χ3v) is 6.27. The van der Waals surface area contributed by atoms with E-state index in [1.54, 1.807) is 18.2 Å². The third-order valence-electron chi connectivity index (χ3n) is 5.09. The second-order valence-corrected chi connectivity index (χ2v) is 9.62. The van der Waals surface area contributed by atoms with Gasteiger partial charge in [0.15, 0.2) is 6.61 Å². The van der Waals surface area contributed by atoms with Crippen LogP contribution in [0.25, 0.3) is 6.08 Å². The molecule has 2 amide bonds. The van der Waals surface area contributed by atoms with E-state index < -0.39 is 5.91 Å². The van der Waals surface area contributed by atoms with Crippen molar-refractivity contribution in [3.63, 3.8) is 0 Å². The maximum Gasteiger partial charge on any atom is 0.266 e. The van der Waals surface area contributed by atoms with Gasteiger partial charge in [-0.05, 0) is 99.7 Å². The van der Waals surface area contributed by atoms with E-state index in [1.807, 2.05) is 63.2 Å².